The summed E-state index contributed by atoms with van der Waals surface area (Å²) in [7, 11) is 1.59. The molecule has 0 saturated heterocycles. The molecule has 0 unspecified atom stereocenters. The number of carbonyl (C=O) groups excluding carboxylic acids is 1. The molecule has 1 aromatic rings. The first-order valence-corrected chi connectivity index (χ1v) is 6.56. The third kappa shape index (κ3) is 5.28. The second-order valence-corrected chi connectivity index (χ2v) is 4.26. The molecule has 106 valence electrons. The summed E-state index contributed by atoms with van der Waals surface area (Å²) in [6.07, 6.45) is 0.899. The van der Waals surface area contributed by atoms with Crippen molar-refractivity contribution >= 4 is 11.6 Å². The Hall–Kier alpha value is -1.59. The summed E-state index contributed by atoms with van der Waals surface area (Å²) in [6, 6.07) is 7.38. The van der Waals surface area contributed by atoms with E-state index >= 15 is 0 Å². The van der Waals surface area contributed by atoms with E-state index < -0.39 is 0 Å². The average Bonchev–Trinajstić information content (AvgIpc) is 2.44. The molecule has 0 bridgehead atoms. The summed E-state index contributed by atoms with van der Waals surface area (Å²) in [4.78, 5) is 14.0. The Balaban J connectivity index is 2.54. The van der Waals surface area contributed by atoms with Crippen LogP contribution >= 0.6 is 0 Å². The van der Waals surface area contributed by atoms with E-state index in [1.54, 1.807) is 7.11 Å². The first-order valence-electron chi connectivity index (χ1n) is 6.56. The SMILES string of the molecule is CCN(CCCN)CC(=O)Nc1ccccc1OC. The summed E-state index contributed by atoms with van der Waals surface area (Å²) in [5, 5.41) is 2.87. The van der Waals surface area contributed by atoms with Crippen LogP contribution < -0.4 is 15.8 Å². The summed E-state index contributed by atoms with van der Waals surface area (Å²) in [5.74, 6) is 0.629. The van der Waals surface area contributed by atoms with Gasteiger partial charge >= 0.3 is 0 Å². The zero-order chi connectivity index (χ0) is 14.1. The first-order chi connectivity index (χ1) is 9.21. The highest BCUT2D eigenvalue weighted by molar-refractivity contribution is 5.93. The Labute approximate surface area is 114 Å². The van der Waals surface area contributed by atoms with Gasteiger partial charge in [0.15, 0.2) is 0 Å². The third-order valence-electron chi connectivity index (χ3n) is 2.87. The number of likely N-dealkylation sites (N-methyl/N-ethyl adjacent to an activating group) is 1. The van der Waals surface area contributed by atoms with Gasteiger partial charge in [-0.15, -0.1) is 0 Å². The van der Waals surface area contributed by atoms with Crippen LogP contribution in [0, 0.1) is 0 Å². The Morgan fingerprint density at radius 1 is 1.42 bits per heavy atom. The molecule has 0 spiro atoms. The summed E-state index contributed by atoms with van der Waals surface area (Å²) >= 11 is 0. The van der Waals surface area contributed by atoms with E-state index in [4.69, 9.17) is 10.5 Å². The predicted octanol–water partition coefficient (Wildman–Crippen LogP) is 1.30. The molecule has 0 atom stereocenters. The first kappa shape index (κ1) is 15.5. The molecule has 0 radical (unpaired) electrons. The van der Waals surface area contributed by atoms with Crippen LogP contribution in [-0.4, -0.2) is 44.1 Å². The maximum Gasteiger partial charge on any atom is 0.238 e. The van der Waals surface area contributed by atoms with Crippen molar-refractivity contribution in [1.29, 1.82) is 0 Å². The van der Waals surface area contributed by atoms with Crippen molar-refractivity contribution < 1.29 is 9.53 Å². The number of para-hydroxylation sites is 2. The monoisotopic (exact) mass is 265 g/mol. The zero-order valence-corrected chi connectivity index (χ0v) is 11.7. The van der Waals surface area contributed by atoms with Crippen molar-refractivity contribution in [3.63, 3.8) is 0 Å². The molecule has 3 N–H and O–H groups in total. The van der Waals surface area contributed by atoms with Crippen LogP contribution in [0.2, 0.25) is 0 Å². The van der Waals surface area contributed by atoms with E-state index in [2.05, 4.69) is 10.2 Å². The van der Waals surface area contributed by atoms with E-state index in [0.717, 1.165) is 19.5 Å². The van der Waals surface area contributed by atoms with E-state index in [-0.39, 0.29) is 5.91 Å². The molecular weight excluding hydrogens is 242 g/mol. The number of carbonyl (C=O) groups is 1. The maximum atomic E-state index is 12.0. The minimum absolute atomic E-state index is 0.0385. The van der Waals surface area contributed by atoms with Gasteiger partial charge < -0.3 is 15.8 Å². The second-order valence-electron chi connectivity index (χ2n) is 4.26. The lowest BCUT2D eigenvalue weighted by molar-refractivity contribution is -0.117. The van der Waals surface area contributed by atoms with E-state index in [9.17, 15) is 4.79 Å². The Kier molecular flexibility index (Phi) is 6.92. The van der Waals surface area contributed by atoms with Crippen molar-refractivity contribution in [2.24, 2.45) is 5.73 Å². The molecule has 0 fully saturated rings. The highest BCUT2D eigenvalue weighted by atomic mass is 16.5. The fraction of sp³-hybridized carbons (Fsp3) is 0.500. The largest absolute Gasteiger partial charge is 0.495 e. The predicted molar refractivity (Wildman–Crippen MR) is 77.4 cm³/mol. The van der Waals surface area contributed by atoms with Gasteiger partial charge in [-0.25, -0.2) is 0 Å². The number of rotatable bonds is 8. The van der Waals surface area contributed by atoms with Crippen LogP contribution in [0.5, 0.6) is 5.75 Å². The fourth-order valence-corrected chi connectivity index (χ4v) is 1.80. The summed E-state index contributed by atoms with van der Waals surface area (Å²) in [6.45, 7) is 4.72. The number of amides is 1. The molecule has 0 aromatic heterocycles. The minimum atomic E-state index is -0.0385. The molecule has 1 aromatic carbocycles. The normalized spacial score (nSPS) is 10.5. The van der Waals surface area contributed by atoms with Crippen molar-refractivity contribution in [2.45, 2.75) is 13.3 Å². The van der Waals surface area contributed by atoms with Crippen molar-refractivity contribution in [1.82, 2.24) is 4.90 Å². The third-order valence-corrected chi connectivity index (χ3v) is 2.87. The van der Waals surface area contributed by atoms with Gasteiger partial charge in [-0.1, -0.05) is 19.1 Å². The number of anilines is 1. The Morgan fingerprint density at radius 3 is 2.79 bits per heavy atom. The van der Waals surface area contributed by atoms with E-state index in [1.165, 1.54) is 0 Å². The molecule has 5 nitrogen and oxygen atoms in total. The molecular formula is C14H23N3O2. The van der Waals surface area contributed by atoms with E-state index in [1.807, 2.05) is 31.2 Å². The van der Waals surface area contributed by atoms with Crippen LogP contribution in [0.4, 0.5) is 5.69 Å². The van der Waals surface area contributed by atoms with Gasteiger partial charge in [-0.05, 0) is 38.2 Å². The van der Waals surface area contributed by atoms with Gasteiger partial charge in [0.1, 0.15) is 5.75 Å². The number of hydrogen-bond donors (Lipinski definition) is 2. The summed E-state index contributed by atoms with van der Waals surface area (Å²) < 4.78 is 5.20. The van der Waals surface area contributed by atoms with Crippen LogP contribution in [-0.2, 0) is 4.79 Å². The smallest absolute Gasteiger partial charge is 0.238 e. The van der Waals surface area contributed by atoms with Gasteiger partial charge in [0, 0.05) is 0 Å². The number of nitrogens with zero attached hydrogens (tertiary/aromatic N) is 1. The maximum absolute atomic E-state index is 12.0. The average molecular weight is 265 g/mol. The highest BCUT2D eigenvalue weighted by Gasteiger charge is 2.10. The Morgan fingerprint density at radius 2 is 2.16 bits per heavy atom. The lowest BCUT2D eigenvalue weighted by atomic mass is 10.3. The lowest BCUT2D eigenvalue weighted by Gasteiger charge is -2.19. The van der Waals surface area contributed by atoms with Crippen molar-refractivity contribution in [3.05, 3.63) is 24.3 Å². The van der Waals surface area contributed by atoms with Crippen LogP contribution in [0.3, 0.4) is 0 Å². The highest BCUT2D eigenvalue weighted by Crippen LogP contribution is 2.22. The van der Waals surface area contributed by atoms with Gasteiger partial charge in [0.25, 0.3) is 0 Å². The number of nitrogens with one attached hydrogen (secondary N) is 1. The molecule has 0 aliphatic carbocycles. The van der Waals surface area contributed by atoms with Crippen LogP contribution in [0.25, 0.3) is 0 Å². The molecule has 19 heavy (non-hydrogen) atoms. The summed E-state index contributed by atoms with van der Waals surface area (Å²) in [5.41, 5.74) is 6.18. The molecule has 5 heteroatoms. The van der Waals surface area contributed by atoms with Crippen LogP contribution in [0.15, 0.2) is 24.3 Å². The number of nitrogens with two attached hydrogens (primary N) is 1. The standard InChI is InChI=1S/C14H23N3O2/c1-3-17(10-6-9-15)11-14(18)16-12-7-4-5-8-13(12)19-2/h4-5,7-8H,3,6,9-11,15H2,1-2H3,(H,16,18). The van der Waals surface area contributed by atoms with Gasteiger partial charge in [0.05, 0.1) is 19.3 Å². The van der Waals surface area contributed by atoms with Gasteiger partial charge in [-0.3, -0.25) is 9.69 Å². The molecule has 1 rings (SSSR count). The number of ether oxygens (including phenoxy) is 1. The lowest BCUT2D eigenvalue weighted by Crippen LogP contribution is -2.34. The number of hydrogen-bond acceptors (Lipinski definition) is 4. The van der Waals surface area contributed by atoms with E-state index in [0.29, 0.717) is 24.5 Å². The molecule has 0 saturated carbocycles. The van der Waals surface area contributed by atoms with Gasteiger partial charge in [0.2, 0.25) is 5.91 Å². The Bertz CT molecular complexity index is 396. The zero-order valence-electron chi connectivity index (χ0n) is 11.7. The fourth-order valence-electron chi connectivity index (χ4n) is 1.80. The van der Waals surface area contributed by atoms with Crippen molar-refractivity contribution in [2.75, 3.05) is 38.6 Å². The second kappa shape index (κ2) is 8.50. The number of benzene rings is 1. The molecule has 0 heterocycles. The topological polar surface area (TPSA) is 67.6 Å². The van der Waals surface area contributed by atoms with Crippen molar-refractivity contribution in [3.8, 4) is 5.75 Å². The van der Waals surface area contributed by atoms with Gasteiger partial charge in [-0.2, -0.15) is 0 Å². The number of methoxy groups -OCH3 is 1. The molecule has 1 amide bonds. The van der Waals surface area contributed by atoms with Crippen LogP contribution in [0.1, 0.15) is 13.3 Å². The molecule has 0 aliphatic heterocycles. The quantitative estimate of drug-likeness (QED) is 0.743. The minimum Gasteiger partial charge on any atom is -0.495 e. The molecule has 0 aliphatic rings.